The molecule has 16 heavy (non-hydrogen) atoms. The van der Waals surface area contributed by atoms with Gasteiger partial charge in [-0.1, -0.05) is 31.9 Å². The van der Waals surface area contributed by atoms with E-state index in [9.17, 15) is 9.18 Å². The van der Waals surface area contributed by atoms with E-state index in [0.717, 1.165) is 24.8 Å². The van der Waals surface area contributed by atoms with Crippen LogP contribution in [0.15, 0.2) is 24.3 Å². The van der Waals surface area contributed by atoms with Gasteiger partial charge in [0.25, 0.3) is 0 Å². The molecule has 0 unspecified atom stereocenters. The number of benzene rings is 1. The lowest BCUT2D eigenvalue weighted by atomic mass is 10.2. The van der Waals surface area contributed by atoms with Crippen molar-refractivity contribution in [1.29, 1.82) is 0 Å². The highest BCUT2D eigenvalue weighted by molar-refractivity contribution is 5.75. The summed E-state index contributed by atoms with van der Waals surface area (Å²) in [6.45, 7) is 2.58. The van der Waals surface area contributed by atoms with Crippen LogP contribution in [0.3, 0.4) is 0 Å². The Morgan fingerprint density at radius 2 is 1.94 bits per heavy atom. The molecule has 0 bridgehead atoms. The van der Waals surface area contributed by atoms with E-state index in [2.05, 4.69) is 12.2 Å². The second-order valence-corrected chi connectivity index (χ2v) is 3.86. The average molecular weight is 223 g/mol. The second kappa shape index (κ2) is 6.99. The number of unbranched alkanes of at least 4 members (excludes halogenated alkanes) is 2. The van der Waals surface area contributed by atoms with Crippen LogP contribution in [0, 0.1) is 5.82 Å². The van der Waals surface area contributed by atoms with Gasteiger partial charge in [-0.2, -0.15) is 0 Å². The molecule has 1 amide bonds. The minimum Gasteiger partial charge on any atom is -0.352 e. The molecular weight excluding hydrogens is 205 g/mol. The Kier molecular flexibility index (Phi) is 5.54. The monoisotopic (exact) mass is 223 g/mol. The van der Waals surface area contributed by atoms with Crippen molar-refractivity contribution in [2.24, 2.45) is 0 Å². The quantitative estimate of drug-likeness (QED) is 0.738. The average Bonchev–Trinajstić information content (AvgIpc) is 2.29. The highest BCUT2D eigenvalue weighted by atomic mass is 19.1. The number of nitrogens with one attached hydrogen (secondary N) is 1. The van der Waals surface area contributed by atoms with Crippen molar-refractivity contribution in [3.63, 3.8) is 0 Å². The normalized spacial score (nSPS) is 10.1. The Morgan fingerprint density at radius 3 is 2.56 bits per heavy atom. The zero-order chi connectivity index (χ0) is 11.8. The van der Waals surface area contributed by atoms with Gasteiger partial charge in [0.2, 0.25) is 5.91 Å². The van der Waals surface area contributed by atoms with Gasteiger partial charge in [-0.15, -0.1) is 0 Å². The van der Waals surface area contributed by atoms with Crippen LogP contribution in [0.25, 0.3) is 0 Å². The van der Waals surface area contributed by atoms with Gasteiger partial charge < -0.3 is 5.32 Å². The maximum atomic E-state index is 12.6. The highest BCUT2D eigenvalue weighted by Crippen LogP contribution is 2.03. The van der Waals surface area contributed by atoms with Gasteiger partial charge in [0, 0.05) is 13.0 Å². The molecule has 0 saturated heterocycles. The van der Waals surface area contributed by atoms with E-state index in [1.165, 1.54) is 12.1 Å². The third kappa shape index (κ3) is 4.91. The van der Waals surface area contributed by atoms with E-state index in [-0.39, 0.29) is 11.7 Å². The molecule has 88 valence electrons. The lowest BCUT2D eigenvalue weighted by molar-refractivity contribution is -0.121. The van der Waals surface area contributed by atoms with Crippen LogP contribution < -0.4 is 5.32 Å². The molecule has 0 fully saturated rings. The summed E-state index contributed by atoms with van der Waals surface area (Å²) in [4.78, 5) is 11.4. The van der Waals surface area contributed by atoms with Gasteiger partial charge in [-0.25, -0.2) is 4.39 Å². The molecule has 2 nitrogen and oxygen atoms in total. The molecule has 0 spiro atoms. The Hall–Kier alpha value is -1.38. The van der Waals surface area contributed by atoms with E-state index < -0.39 is 0 Å². The largest absolute Gasteiger partial charge is 0.352 e. The number of hydrogen-bond acceptors (Lipinski definition) is 1. The van der Waals surface area contributed by atoms with Gasteiger partial charge in [0.15, 0.2) is 0 Å². The second-order valence-electron chi connectivity index (χ2n) is 3.86. The Labute approximate surface area is 95.9 Å². The molecule has 0 heterocycles. The van der Waals surface area contributed by atoms with Crippen LogP contribution in [-0.2, 0) is 11.3 Å². The van der Waals surface area contributed by atoms with Crippen molar-refractivity contribution >= 4 is 5.91 Å². The molecule has 0 radical (unpaired) electrons. The fraction of sp³-hybridized carbons (Fsp3) is 0.462. The molecule has 0 atom stereocenters. The van der Waals surface area contributed by atoms with Crippen molar-refractivity contribution in [3.05, 3.63) is 35.6 Å². The SMILES string of the molecule is CCCCCC(=O)NCc1ccc(F)cc1. The number of carbonyl (C=O) groups excluding carboxylic acids is 1. The van der Waals surface area contributed by atoms with Crippen molar-refractivity contribution in [2.45, 2.75) is 39.2 Å². The number of hydrogen-bond donors (Lipinski definition) is 1. The van der Waals surface area contributed by atoms with Crippen LogP contribution >= 0.6 is 0 Å². The molecule has 0 aromatic heterocycles. The smallest absolute Gasteiger partial charge is 0.220 e. The number of halogens is 1. The summed E-state index contributed by atoms with van der Waals surface area (Å²) in [6, 6.07) is 6.17. The van der Waals surface area contributed by atoms with E-state index >= 15 is 0 Å². The summed E-state index contributed by atoms with van der Waals surface area (Å²) < 4.78 is 12.6. The first-order valence-corrected chi connectivity index (χ1v) is 5.73. The number of rotatable bonds is 6. The maximum Gasteiger partial charge on any atom is 0.220 e. The lowest BCUT2D eigenvalue weighted by Crippen LogP contribution is -2.22. The van der Waals surface area contributed by atoms with E-state index in [4.69, 9.17) is 0 Å². The third-order valence-electron chi connectivity index (χ3n) is 2.41. The van der Waals surface area contributed by atoms with Crippen LogP contribution in [-0.4, -0.2) is 5.91 Å². The first-order valence-electron chi connectivity index (χ1n) is 5.73. The first-order chi connectivity index (χ1) is 7.72. The van der Waals surface area contributed by atoms with Crippen molar-refractivity contribution in [2.75, 3.05) is 0 Å². The highest BCUT2D eigenvalue weighted by Gasteiger charge is 2.00. The van der Waals surface area contributed by atoms with Crippen LogP contribution in [0.4, 0.5) is 4.39 Å². The Balaban J connectivity index is 2.23. The fourth-order valence-electron chi connectivity index (χ4n) is 1.43. The molecule has 1 aromatic rings. The Bertz CT molecular complexity index is 321. The predicted molar refractivity (Wildman–Crippen MR) is 62.4 cm³/mol. The van der Waals surface area contributed by atoms with Gasteiger partial charge in [0.05, 0.1) is 0 Å². The number of amides is 1. The topological polar surface area (TPSA) is 29.1 Å². The van der Waals surface area contributed by atoms with Gasteiger partial charge in [-0.3, -0.25) is 4.79 Å². The van der Waals surface area contributed by atoms with Crippen LogP contribution in [0.1, 0.15) is 38.2 Å². The molecule has 1 aromatic carbocycles. The van der Waals surface area contributed by atoms with Gasteiger partial charge in [0.1, 0.15) is 5.82 Å². The van der Waals surface area contributed by atoms with Gasteiger partial charge >= 0.3 is 0 Å². The summed E-state index contributed by atoms with van der Waals surface area (Å²) in [6.07, 6.45) is 3.72. The minimum atomic E-state index is -0.252. The zero-order valence-electron chi connectivity index (χ0n) is 9.63. The van der Waals surface area contributed by atoms with E-state index in [0.29, 0.717) is 13.0 Å². The fourth-order valence-corrected chi connectivity index (χ4v) is 1.43. The molecule has 1 N–H and O–H groups in total. The zero-order valence-corrected chi connectivity index (χ0v) is 9.63. The summed E-state index contributed by atoms with van der Waals surface area (Å²) in [7, 11) is 0. The van der Waals surface area contributed by atoms with E-state index in [1.807, 2.05) is 0 Å². The van der Waals surface area contributed by atoms with Crippen molar-refractivity contribution in [1.82, 2.24) is 5.32 Å². The molecule has 0 aliphatic rings. The van der Waals surface area contributed by atoms with E-state index in [1.54, 1.807) is 12.1 Å². The first kappa shape index (κ1) is 12.7. The standard InChI is InChI=1S/C13H18FNO/c1-2-3-4-5-13(16)15-10-11-6-8-12(14)9-7-11/h6-9H,2-5,10H2,1H3,(H,15,16). The third-order valence-corrected chi connectivity index (χ3v) is 2.41. The molecule has 0 aliphatic heterocycles. The molecule has 0 saturated carbocycles. The van der Waals surface area contributed by atoms with Crippen molar-refractivity contribution < 1.29 is 9.18 Å². The molecule has 1 rings (SSSR count). The van der Waals surface area contributed by atoms with Crippen LogP contribution in [0.2, 0.25) is 0 Å². The summed E-state index contributed by atoms with van der Waals surface area (Å²) in [5.74, 6) is -0.184. The number of carbonyl (C=O) groups is 1. The Morgan fingerprint density at radius 1 is 1.25 bits per heavy atom. The molecule has 0 aliphatic carbocycles. The summed E-state index contributed by atoms with van der Waals surface area (Å²) >= 11 is 0. The maximum absolute atomic E-state index is 12.6. The van der Waals surface area contributed by atoms with Gasteiger partial charge in [-0.05, 0) is 24.1 Å². The summed E-state index contributed by atoms with van der Waals surface area (Å²) in [5.41, 5.74) is 0.922. The summed E-state index contributed by atoms with van der Waals surface area (Å²) in [5, 5.41) is 2.82. The molecule has 3 heteroatoms. The minimum absolute atomic E-state index is 0.0674. The predicted octanol–water partition coefficient (Wildman–Crippen LogP) is 3.02. The van der Waals surface area contributed by atoms with Crippen LogP contribution in [0.5, 0.6) is 0 Å². The van der Waals surface area contributed by atoms with Crippen molar-refractivity contribution in [3.8, 4) is 0 Å². The molecular formula is C13H18FNO. The lowest BCUT2D eigenvalue weighted by Gasteiger charge is -2.04.